The predicted molar refractivity (Wildman–Crippen MR) is 123 cm³/mol. The number of halogens is 1. The lowest BCUT2D eigenvalue weighted by atomic mass is 10.2. The Morgan fingerprint density at radius 1 is 0.938 bits per heavy atom. The molecular weight excluding hydrogens is 478 g/mol. The summed E-state index contributed by atoms with van der Waals surface area (Å²) in [5, 5.41) is 6.25. The number of carbonyl (C=O) groups is 3. The van der Waals surface area contributed by atoms with Crippen molar-refractivity contribution in [3.63, 3.8) is 0 Å². The lowest BCUT2D eigenvalue weighted by Gasteiger charge is -2.08. The highest BCUT2D eigenvalue weighted by Gasteiger charge is 2.14. The van der Waals surface area contributed by atoms with Gasteiger partial charge >= 0.3 is 17.8 Å². The summed E-state index contributed by atoms with van der Waals surface area (Å²) in [6, 6.07) is 20.0. The Balaban J connectivity index is 1.65. The molecule has 0 saturated carbocycles. The fourth-order valence-corrected chi connectivity index (χ4v) is 2.92. The van der Waals surface area contributed by atoms with Crippen LogP contribution in [0.5, 0.6) is 11.5 Å². The number of anilines is 1. The second kappa shape index (κ2) is 10.9. The molecule has 32 heavy (non-hydrogen) atoms. The van der Waals surface area contributed by atoms with Gasteiger partial charge in [-0.2, -0.15) is 5.10 Å². The second-order valence-electron chi connectivity index (χ2n) is 6.32. The summed E-state index contributed by atoms with van der Waals surface area (Å²) < 4.78 is 11.2. The summed E-state index contributed by atoms with van der Waals surface area (Å²) in [4.78, 5) is 36.4. The van der Waals surface area contributed by atoms with Crippen LogP contribution >= 0.6 is 15.9 Å². The number of hydrogen-bond donors (Lipinski definition) is 2. The van der Waals surface area contributed by atoms with E-state index in [9.17, 15) is 14.4 Å². The summed E-state index contributed by atoms with van der Waals surface area (Å²) in [7, 11) is 1.50. The minimum absolute atomic E-state index is 0.237. The Kier molecular flexibility index (Phi) is 7.71. The number of rotatable bonds is 6. The van der Waals surface area contributed by atoms with E-state index in [2.05, 4.69) is 31.8 Å². The highest BCUT2D eigenvalue weighted by Crippen LogP contribution is 2.23. The summed E-state index contributed by atoms with van der Waals surface area (Å²) >= 11 is 3.34. The van der Waals surface area contributed by atoms with Crippen molar-refractivity contribution in [3.05, 3.63) is 88.4 Å². The number of benzene rings is 3. The van der Waals surface area contributed by atoms with E-state index in [1.165, 1.54) is 13.3 Å². The fraction of sp³-hybridized carbons (Fsp3) is 0.0435. The average molecular weight is 496 g/mol. The molecule has 0 aliphatic rings. The Morgan fingerprint density at radius 3 is 2.47 bits per heavy atom. The van der Waals surface area contributed by atoms with Gasteiger partial charge in [-0.05, 0) is 42.5 Å². The first kappa shape index (κ1) is 22.7. The van der Waals surface area contributed by atoms with Gasteiger partial charge in [-0.1, -0.05) is 40.2 Å². The van der Waals surface area contributed by atoms with Crippen molar-refractivity contribution in [2.24, 2.45) is 5.10 Å². The van der Waals surface area contributed by atoms with Crippen molar-refractivity contribution in [2.75, 3.05) is 12.4 Å². The van der Waals surface area contributed by atoms with E-state index in [1.54, 1.807) is 72.8 Å². The van der Waals surface area contributed by atoms with E-state index in [-0.39, 0.29) is 5.75 Å². The van der Waals surface area contributed by atoms with E-state index >= 15 is 0 Å². The number of esters is 1. The highest BCUT2D eigenvalue weighted by atomic mass is 79.9. The Morgan fingerprint density at radius 2 is 1.72 bits per heavy atom. The van der Waals surface area contributed by atoms with Gasteiger partial charge in [0.05, 0.1) is 18.9 Å². The molecule has 0 unspecified atom stereocenters. The van der Waals surface area contributed by atoms with E-state index < -0.39 is 17.8 Å². The molecule has 0 atom stereocenters. The summed E-state index contributed by atoms with van der Waals surface area (Å²) in [5.74, 6) is -1.64. The number of hydrazone groups is 1. The molecule has 0 bridgehead atoms. The van der Waals surface area contributed by atoms with Crippen LogP contribution in [0.15, 0.2) is 82.4 Å². The molecule has 0 fully saturated rings. The van der Waals surface area contributed by atoms with Gasteiger partial charge in [0.15, 0.2) is 0 Å². The number of ether oxygens (including phenoxy) is 2. The first-order chi connectivity index (χ1) is 15.5. The van der Waals surface area contributed by atoms with Crippen LogP contribution in [0, 0.1) is 0 Å². The molecule has 0 heterocycles. The molecule has 3 aromatic carbocycles. The molecule has 3 aromatic rings. The van der Waals surface area contributed by atoms with Crippen molar-refractivity contribution in [3.8, 4) is 11.5 Å². The summed E-state index contributed by atoms with van der Waals surface area (Å²) in [5.41, 5.74) is 3.35. The van der Waals surface area contributed by atoms with Crippen molar-refractivity contribution in [1.82, 2.24) is 5.43 Å². The van der Waals surface area contributed by atoms with Gasteiger partial charge in [-0.25, -0.2) is 10.2 Å². The Labute approximate surface area is 192 Å². The number of amides is 2. The summed E-state index contributed by atoms with van der Waals surface area (Å²) in [6.07, 6.45) is 1.27. The number of hydrogen-bond acceptors (Lipinski definition) is 6. The highest BCUT2D eigenvalue weighted by molar-refractivity contribution is 9.10. The molecule has 2 amide bonds. The number of carbonyl (C=O) groups excluding carboxylic acids is 3. The molecule has 0 aliphatic heterocycles. The quantitative estimate of drug-likeness (QED) is 0.178. The third-order valence-corrected chi connectivity index (χ3v) is 4.58. The third kappa shape index (κ3) is 6.26. The van der Waals surface area contributed by atoms with Gasteiger partial charge in [0, 0.05) is 21.8 Å². The topological polar surface area (TPSA) is 106 Å². The van der Waals surface area contributed by atoms with Gasteiger partial charge in [0.25, 0.3) is 0 Å². The maximum absolute atomic E-state index is 12.3. The maximum Gasteiger partial charge on any atom is 0.343 e. The lowest BCUT2D eigenvalue weighted by molar-refractivity contribution is -0.136. The van der Waals surface area contributed by atoms with Crippen LogP contribution in [0.4, 0.5) is 5.69 Å². The van der Waals surface area contributed by atoms with Crippen LogP contribution in [0.1, 0.15) is 15.9 Å². The van der Waals surface area contributed by atoms with Gasteiger partial charge in [0.2, 0.25) is 0 Å². The minimum Gasteiger partial charge on any atom is -0.497 e. The smallest absolute Gasteiger partial charge is 0.343 e. The van der Waals surface area contributed by atoms with Crippen molar-refractivity contribution >= 4 is 45.6 Å². The number of nitrogens with zero attached hydrogens (tertiary/aromatic N) is 1. The van der Waals surface area contributed by atoms with Crippen molar-refractivity contribution < 1.29 is 23.9 Å². The first-order valence-corrected chi connectivity index (χ1v) is 10.1. The Hall–Kier alpha value is -3.98. The van der Waals surface area contributed by atoms with Crippen LogP contribution in [0.3, 0.4) is 0 Å². The summed E-state index contributed by atoms with van der Waals surface area (Å²) in [6.45, 7) is 0. The number of nitrogens with one attached hydrogen (secondary N) is 2. The van der Waals surface area contributed by atoms with Gasteiger partial charge in [-0.15, -0.1) is 0 Å². The van der Waals surface area contributed by atoms with Crippen LogP contribution in [-0.4, -0.2) is 31.1 Å². The van der Waals surface area contributed by atoms with E-state index in [0.717, 1.165) is 0 Å². The van der Waals surface area contributed by atoms with Crippen molar-refractivity contribution in [1.29, 1.82) is 0 Å². The average Bonchev–Trinajstić information content (AvgIpc) is 2.81. The molecule has 0 aromatic heterocycles. The lowest BCUT2D eigenvalue weighted by Crippen LogP contribution is -2.32. The zero-order chi connectivity index (χ0) is 22.9. The molecule has 0 saturated heterocycles. The number of methoxy groups -OCH3 is 1. The minimum atomic E-state index is -0.970. The first-order valence-electron chi connectivity index (χ1n) is 9.31. The zero-order valence-corrected chi connectivity index (χ0v) is 18.5. The molecule has 9 heteroatoms. The molecule has 162 valence electrons. The van der Waals surface area contributed by atoms with E-state index in [0.29, 0.717) is 27.0 Å². The maximum atomic E-state index is 12.3. The third-order valence-electron chi connectivity index (χ3n) is 4.09. The van der Waals surface area contributed by atoms with Crippen LogP contribution in [0.2, 0.25) is 0 Å². The second-order valence-corrected chi connectivity index (χ2v) is 7.24. The van der Waals surface area contributed by atoms with E-state index in [4.69, 9.17) is 9.47 Å². The standard InChI is InChI=1S/C23H18BrN3O5/c1-31-19-9-5-8-18(13-19)26-21(28)22(29)27-25-14-16-12-17(24)10-11-20(16)32-23(30)15-6-3-2-4-7-15/h2-14H,1H3,(H,26,28)(H,27,29)/b25-14-. The molecule has 0 spiro atoms. The zero-order valence-electron chi connectivity index (χ0n) is 16.9. The monoisotopic (exact) mass is 495 g/mol. The molecular formula is C23H18BrN3O5. The van der Waals surface area contributed by atoms with Gasteiger partial charge < -0.3 is 14.8 Å². The van der Waals surface area contributed by atoms with Crippen LogP contribution in [0.25, 0.3) is 0 Å². The van der Waals surface area contributed by atoms with Crippen LogP contribution in [-0.2, 0) is 9.59 Å². The molecule has 2 N–H and O–H groups in total. The normalized spacial score (nSPS) is 10.4. The SMILES string of the molecule is COc1cccc(NC(=O)C(=O)N/N=C\c2cc(Br)ccc2OC(=O)c2ccccc2)c1. The Bertz CT molecular complexity index is 1170. The largest absolute Gasteiger partial charge is 0.497 e. The van der Waals surface area contributed by atoms with E-state index in [1.807, 2.05) is 0 Å². The van der Waals surface area contributed by atoms with Gasteiger partial charge in [-0.3, -0.25) is 9.59 Å². The molecule has 0 radical (unpaired) electrons. The predicted octanol–water partition coefficient (Wildman–Crippen LogP) is 3.77. The fourth-order valence-electron chi connectivity index (χ4n) is 2.55. The van der Waals surface area contributed by atoms with Gasteiger partial charge in [0.1, 0.15) is 11.5 Å². The molecule has 3 rings (SSSR count). The molecule has 0 aliphatic carbocycles. The van der Waals surface area contributed by atoms with Crippen molar-refractivity contribution in [2.45, 2.75) is 0 Å². The van der Waals surface area contributed by atoms with Crippen LogP contribution < -0.4 is 20.2 Å². The molecule has 8 nitrogen and oxygen atoms in total.